The minimum absolute atomic E-state index is 0.0446. The Labute approximate surface area is 157 Å². The Hall–Kier alpha value is -3.09. The molecule has 0 aliphatic heterocycles. The van der Waals surface area contributed by atoms with E-state index in [1.165, 1.54) is 16.8 Å². The highest BCUT2D eigenvalue weighted by Crippen LogP contribution is 2.13. The number of amides is 1. The number of aromatic nitrogens is 2. The maximum Gasteiger partial charge on any atom is 0.274 e. The molecule has 1 amide bonds. The van der Waals surface area contributed by atoms with Crippen molar-refractivity contribution in [1.29, 1.82) is 0 Å². The molecule has 0 saturated heterocycles. The lowest BCUT2D eigenvalue weighted by Crippen LogP contribution is -2.35. The Bertz CT molecular complexity index is 859. The van der Waals surface area contributed by atoms with Crippen molar-refractivity contribution in [3.8, 4) is 5.75 Å². The number of hydrogen-bond donors (Lipinski definition) is 0. The number of carbonyl (C=O) groups excluding carboxylic acids is 1. The number of carbonyl (C=O) groups is 1. The largest absolute Gasteiger partial charge is 0.471 e. The van der Waals surface area contributed by atoms with Crippen LogP contribution in [0.2, 0.25) is 0 Å². The Morgan fingerprint density at radius 3 is 2.78 bits per heavy atom. The molecule has 7 heteroatoms. The van der Waals surface area contributed by atoms with E-state index < -0.39 is 0 Å². The fourth-order valence-electron chi connectivity index (χ4n) is 2.60. The molecule has 0 bridgehead atoms. The molecule has 0 spiro atoms. The molecule has 1 aromatic carbocycles. The van der Waals surface area contributed by atoms with Crippen molar-refractivity contribution in [2.75, 3.05) is 7.05 Å². The first kappa shape index (κ1) is 18.7. The van der Waals surface area contributed by atoms with E-state index in [4.69, 9.17) is 9.15 Å². The molecular formula is C20H22FN3O3. The van der Waals surface area contributed by atoms with Crippen LogP contribution in [-0.2, 0) is 13.2 Å². The summed E-state index contributed by atoms with van der Waals surface area (Å²) in [6.45, 7) is 2.13. The van der Waals surface area contributed by atoms with E-state index in [0.29, 0.717) is 11.4 Å². The summed E-state index contributed by atoms with van der Waals surface area (Å²) < 4.78 is 25.3. The average Bonchev–Trinajstić information content (AvgIpc) is 3.36. The van der Waals surface area contributed by atoms with Crippen LogP contribution in [0, 0.1) is 5.82 Å². The highest BCUT2D eigenvalue weighted by atomic mass is 19.1. The molecular weight excluding hydrogens is 349 g/mol. The van der Waals surface area contributed by atoms with Crippen LogP contribution in [0.1, 0.15) is 29.6 Å². The van der Waals surface area contributed by atoms with E-state index in [0.717, 1.165) is 18.6 Å². The highest BCUT2D eigenvalue weighted by molar-refractivity contribution is 5.92. The van der Waals surface area contributed by atoms with E-state index in [1.807, 2.05) is 19.1 Å². The number of hydrogen-bond acceptors (Lipinski definition) is 4. The summed E-state index contributed by atoms with van der Waals surface area (Å²) in [5.74, 6) is 0.967. The topological polar surface area (TPSA) is 60.5 Å². The van der Waals surface area contributed by atoms with Crippen molar-refractivity contribution in [1.82, 2.24) is 14.7 Å². The second kappa shape index (κ2) is 8.53. The summed E-state index contributed by atoms with van der Waals surface area (Å²) in [7, 11) is 1.77. The molecule has 142 valence electrons. The van der Waals surface area contributed by atoms with Gasteiger partial charge >= 0.3 is 0 Å². The van der Waals surface area contributed by atoms with E-state index in [9.17, 15) is 9.18 Å². The number of rotatable bonds is 8. The highest BCUT2D eigenvalue weighted by Gasteiger charge is 2.20. The first-order chi connectivity index (χ1) is 13.0. The van der Waals surface area contributed by atoms with E-state index >= 15 is 0 Å². The van der Waals surface area contributed by atoms with E-state index in [-0.39, 0.29) is 24.5 Å². The number of nitrogens with zero attached hydrogens (tertiary/aromatic N) is 3. The van der Waals surface area contributed by atoms with Crippen LogP contribution < -0.4 is 4.74 Å². The molecule has 27 heavy (non-hydrogen) atoms. The summed E-state index contributed by atoms with van der Waals surface area (Å²) in [6, 6.07) is 11.2. The second-order valence-corrected chi connectivity index (χ2v) is 6.35. The lowest BCUT2D eigenvalue weighted by atomic mass is 10.1. The zero-order valence-corrected chi connectivity index (χ0v) is 15.3. The maximum absolute atomic E-state index is 12.9. The number of halogens is 1. The van der Waals surface area contributed by atoms with Crippen LogP contribution in [0.3, 0.4) is 0 Å². The number of ether oxygens (including phenoxy) is 1. The van der Waals surface area contributed by atoms with Gasteiger partial charge in [-0.3, -0.25) is 4.79 Å². The fraction of sp³-hybridized carbons (Fsp3) is 0.300. The average molecular weight is 371 g/mol. The third-order valence-corrected chi connectivity index (χ3v) is 4.41. The minimum Gasteiger partial charge on any atom is -0.471 e. The smallest absolute Gasteiger partial charge is 0.274 e. The molecule has 3 aromatic rings. The lowest BCUT2D eigenvalue weighted by molar-refractivity contribution is 0.0728. The van der Waals surface area contributed by atoms with Gasteiger partial charge in [-0.05, 0) is 55.8 Å². The van der Waals surface area contributed by atoms with Gasteiger partial charge in [0.25, 0.3) is 5.91 Å². The lowest BCUT2D eigenvalue weighted by Gasteiger charge is -2.23. The summed E-state index contributed by atoms with van der Waals surface area (Å²) >= 11 is 0. The first-order valence-electron chi connectivity index (χ1n) is 8.74. The van der Waals surface area contributed by atoms with Crippen LogP contribution in [0.4, 0.5) is 4.39 Å². The number of aryl methyl sites for hydroxylation is 1. The number of furan rings is 1. The van der Waals surface area contributed by atoms with Gasteiger partial charge in [-0.25, -0.2) is 9.07 Å². The molecule has 0 saturated carbocycles. The molecule has 1 atom stereocenters. The Morgan fingerprint density at radius 1 is 1.30 bits per heavy atom. The quantitative estimate of drug-likeness (QED) is 0.605. The second-order valence-electron chi connectivity index (χ2n) is 6.35. The molecule has 0 fully saturated rings. The first-order valence-corrected chi connectivity index (χ1v) is 8.74. The molecule has 2 aromatic heterocycles. The Balaban J connectivity index is 1.52. The molecule has 6 nitrogen and oxygen atoms in total. The van der Waals surface area contributed by atoms with Crippen LogP contribution in [0.25, 0.3) is 0 Å². The summed E-state index contributed by atoms with van der Waals surface area (Å²) in [6.07, 6.45) is 4.89. The van der Waals surface area contributed by atoms with Gasteiger partial charge in [0.15, 0.2) is 12.4 Å². The summed E-state index contributed by atoms with van der Waals surface area (Å²) in [4.78, 5) is 14.3. The molecule has 3 rings (SSSR count). The molecule has 0 N–H and O–H groups in total. The molecule has 0 aliphatic carbocycles. The molecule has 0 radical (unpaired) electrons. The summed E-state index contributed by atoms with van der Waals surface area (Å²) in [5, 5.41) is 4.26. The van der Waals surface area contributed by atoms with E-state index in [1.54, 1.807) is 42.6 Å². The maximum atomic E-state index is 12.9. The zero-order valence-electron chi connectivity index (χ0n) is 15.3. The summed E-state index contributed by atoms with van der Waals surface area (Å²) in [5.41, 5.74) is 0.352. The van der Waals surface area contributed by atoms with Crippen molar-refractivity contribution in [2.45, 2.75) is 32.5 Å². The van der Waals surface area contributed by atoms with Crippen LogP contribution in [-0.4, -0.2) is 33.7 Å². The third kappa shape index (κ3) is 4.97. The van der Waals surface area contributed by atoms with Gasteiger partial charge in [0.1, 0.15) is 17.3 Å². The molecule has 0 aliphatic rings. The van der Waals surface area contributed by atoms with Crippen molar-refractivity contribution in [3.63, 3.8) is 0 Å². The van der Waals surface area contributed by atoms with Gasteiger partial charge < -0.3 is 14.1 Å². The minimum atomic E-state index is -0.321. The predicted octanol–water partition coefficient (Wildman–Crippen LogP) is 3.75. The van der Waals surface area contributed by atoms with Crippen LogP contribution in [0.5, 0.6) is 5.75 Å². The van der Waals surface area contributed by atoms with Crippen molar-refractivity contribution in [3.05, 3.63) is 72.2 Å². The number of benzene rings is 1. The SMILES string of the molecule is C[C@@H](CCc1ccco1)N(C)C(=O)c1ccn(COc2ccc(F)cc2)n1. The van der Waals surface area contributed by atoms with Gasteiger partial charge in [0, 0.05) is 25.7 Å². The van der Waals surface area contributed by atoms with E-state index in [2.05, 4.69) is 5.10 Å². The Morgan fingerprint density at radius 2 is 2.07 bits per heavy atom. The Kier molecular flexibility index (Phi) is 5.90. The van der Waals surface area contributed by atoms with Crippen LogP contribution in [0.15, 0.2) is 59.3 Å². The standard InChI is InChI=1S/C20H22FN3O3/c1-15(5-8-17-4-3-13-26-17)23(2)20(25)19-11-12-24(22-19)14-27-18-9-6-16(21)7-10-18/h3-4,6-7,9-13,15H,5,8,14H2,1-2H3/t15-/m0/s1. The fourth-order valence-corrected chi connectivity index (χ4v) is 2.60. The van der Waals surface area contributed by atoms with Crippen LogP contribution >= 0.6 is 0 Å². The predicted molar refractivity (Wildman–Crippen MR) is 97.8 cm³/mol. The molecule has 0 unspecified atom stereocenters. The normalized spacial score (nSPS) is 12.0. The zero-order chi connectivity index (χ0) is 19.2. The monoisotopic (exact) mass is 371 g/mol. The van der Waals surface area contributed by atoms with Crippen molar-refractivity contribution >= 4 is 5.91 Å². The van der Waals surface area contributed by atoms with Gasteiger partial charge in [-0.2, -0.15) is 5.10 Å². The third-order valence-electron chi connectivity index (χ3n) is 4.41. The molecule has 2 heterocycles. The van der Waals surface area contributed by atoms with Crippen molar-refractivity contribution < 1.29 is 18.3 Å². The van der Waals surface area contributed by atoms with Crippen molar-refractivity contribution in [2.24, 2.45) is 0 Å². The van der Waals surface area contributed by atoms with Gasteiger partial charge in [-0.15, -0.1) is 0 Å². The van der Waals surface area contributed by atoms with Gasteiger partial charge in [-0.1, -0.05) is 0 Å². The van der Waals surface area contributed by atoms with Gasteiger partial charge in [0.05, 0.1) is 6.26 Å². The van der Waals surface area contributed by atoms with Gasteiger partial charge in [0.2, 0.25) is 0 Å².